The molecule has 0 saturated carbocycles. The van der Waals surface area contributed by atoms with E-state index in [9.17, 15) is 4.79 Å². The largest absolute Gasteiger partial charge is 0.484 e. The van der Waals surface area contributed by atoms with Crippen molar-refractivity contribution in [1.29, 1.82) is 0 Å². The first-order valence-corrected chi connectivity index (χ1v) is 7.10. The van der Waals surface area contributed by atoms with E-state index >= 15 is 0 Å². The molecule has 2 aromatic rings. The number of benzene rings is 2. The van der Waals surface area contributed by atoms with Crippen LogP contribution in [-0.4, -0.2) is 18.6 Å². The Hall–Kier alpha value is -2.03. The number of ether oxygens (including phenoxy) is 1. The molecule has 0 aliphatic carbocycles. The van der Waals surface area contributed by atoms with Crippen LogP contribution >= 0.6 is 0 Å². The van der Waals surface area contributed by atoms with Gasteiger partial charge in [-0.25, -0.2) is 0 Å². The summed E-state index contributed by atoms with van der Waals surface area (Å²) in [6, 6.07) is 14.1. The molecule has 0 bridgehead atoms. The third kappa shape index (κ3) is 3.98. The second-order valence-electron chi connectivity index (χ2n) is 5.05. The summed E-state index contributed by atoms with van der Waals surface area (Å²) in [7, 11) is 0. The highest BCUT2D eigenvalue weighted by Gasteiger charge is 2.07. The molecule has 0 aromatic heterocycles. The van der Waals surface area contributed by atoms with E-state index in [0.29, 0.717) is 0 Å². The number of carbonyl (C=O) groups is 1. The molecule has 1 unspecified atom stereocenters. The SMILES string of the molecule is CCCC(C)NC(=O)COc1ccc2ccccc2c1. The zero-order chi connectivity index (χ0) is 14.4. The standard InChI is InChI=1S/C17H21NO2/c1-3-6-13(2)18-17(19)12-20-16-10-9-14-7-4-5-8-15(14)11-16/h4-5,7-11,13H,3,6,12H2,1-2H3,(H,18,19). The molecular weight excluding hydrogens is 250 g/mol. The molecule has 0 aliphatic rings. The monoisotopic (exact) mass is 271 g/mol. The van der Waals surface area contributed by atoms with Crippen molar-refractivity contribution in [3.63, 3.8) is 0 Å². The second kappa shape index (κ2) is 6.94. The van der Waals surface area contributed by atoms with E-state index in [1.165, 1.54) is 5.39 Å². The molecule has 106 valence electrons. The van der Waals surface area contributed by atoms with Crippen molar-refractivity contribution in [1.82, 2.24) is 5.32 Å². The fraction of sp³-hybridized carbons (Fsp3) is 0.353. The van der Waals surface area contributed by atoms with Crippen molar-refractivity contribution in [3.05, 3.63) is 42.5 Å². The molecule has 3 heteroatoms. The van der Waals surface area contributed by atoms with Gasteiger partial charge >= 0.3 is 0 Å². The van der Waals surface area contributed by atoms with Crippen molar-refractivity contribution in [2.75, 3.05) is 6.61 Å². The molecule has 0 heterocycles. The van der Waals surface area contributed by atoms with Gasteiger partial charge in [0.25, 0.3) is 5.91 Å². The van der Waals surface area contributed by atoms with Crippen molar-refractivity contribution in [2.45, 2.75) is 32.7 Å². The molecular formula is C17H21NO2. The van der Waals surface area contributed by atoms with Crippen LogP contribution in [0.4, 0.5) is 0 Å². The molecule has 0 radical (unpaired) electrons. The van der Waals surface area contributed by atoms with E-state index in [1.54, 1.807) is 0 Å². The van der Waals surface area contributed by atoms with E-state index in [1.807, 2.05) is 43.3 Å². The predicted octanol–water partition coefficient (Wildman–Crippen LogP) is 3.52. The van der Waals surface area contributed by atoms with Gasteiger partial charge in [-0.05, 0) is 36.2 Å². The van der Waals surface area contributed by atoms with Gasteiger partial charge in [0.1, 0.15) is 5.75 Å². The molecule has 2 rings (SSSR count). The van der Waals surface area contributed by atoms with Gasteiger partial charge < -0.3 is 10.1 Å². The minimum Gasteiger partial charge on any atom is -0.484 e. The molecule has 20 heavy (non-hydrogen) atoms. The minimum absolute atomic E-state index is 0.0619. The van der Waals surface area contributed by atoms with Crippen LogP contribution < -0.4 is 10.1 Å². The number of hydrogen-bond donors (Lipinski definition) is 1. The van der Waals surface area contributed by atoms with E-state index in [2.05, 4.69) is 18.3 Å². The van der Waals surface area contributed by atoms with Crippen molar-refractivity contribution in [2.24, 2.45) is 0 Å². The van der Waals surface area contributed by atoms with Crippen molar-refractivity contribution in [3.8, 4) is 5.75 Å². The third-order valence-corrected chi connectivity index (χ3v) is 3.22. The summed E-state index contributed by atoms with van der Waals surface area (Å²) in [6.45, 7) is 4.18. The van der Waals surface area contributed by atoms with Gasteiger partial charge in [-0.3, -0.25) is 4.79 Å². The summed E-state index contributed by atoms with van der Waals surface area (Å²) < 4.78 is 5.54. The molecule has 1 amide bonds. The van der Waals surface area contributed by atoms with E-state index in [0.717, 1.165) is 24.0 Å². The van der Waals surface area contributed by atoms with Gasteiger partial charge in [0.2, 0.25) is 0 Å². The van der Waals surface area contributed by atoms with Crippen LogP contribution in [0.15, 0.2) is 42.5 Å². The molecule has 1 N–H and O–H groups in total. The van der Waals surface area contributed by atoms with Gasteiger partial charge in [0.15, 0.2) is 6.61 Å². The molecule has 3 nitrogen and oxygen atoms in total. The molecule has 2 aromatic carbocycles. The number of carbonyl (C=O) groups excluding carboxylic acids is 1. The maximum Gasteiger partial charge on any atom is 0.258 e. The first-order chi connectivity index (χ1) is 9.69. The van der Waals surface area contributed by atoms with E-state index in [4.69, 9.17) is 4.74 Å². The summed E-state index contributed by atoms with van der Waals surface area (Å²) in [5.41, 5.74) is 0. The Balaban J connectivity index is 1.90. The molecule has 0 saturated heterocycles. The number of amides is 1. The number of hydrogen-bond acceptors (Lipinski definition) is 2. The molecule has 0 aliphatic heterocycles. The normalized spacial score (nSPS) is 12.1. The zero-order valence-corrected chi connectivity index (χ0v) is 12.1. The summed E-state index contributed by atoms with van der Waals surface area (Å²) in [4.78, 5) is 11.7. The second-order valence-corrected chi connectivity index (χ2v) is 5.05. The minimum atomic E-state index is -0.0703. The quantitative estimate of drug-likeness (QED) is 0.873. The Labute approximate surface area is 119 Å². The maximum atomic E-state index is 11.7. The van der Waals surface area contributed by atoms with Gasteiger partial charge in [0, 0.05) is 6.04 Å². The van der Waals surface area contributed by atoms with Crippen LogP contribution in [0, 0.1) is 0 Å². The van der Waals surface area contributed by atoms with E-state index in [-0.39, 0.29) is 18.6 Å². The highest BCUT2D eigenvalue weighted by atomic mass is 16.5. The first-order valence-electron chi connectivity index (χ1n) is 7.10. The zero-order valence-electron chi connectivity index (χ0n) is 12.1. The van der Waals surface area contributed by atoms with Crippen LogP contribution in [0.5, 0.6) is 5.75 Å². The molecule has 0 spiro atoms. The molecule has 0 fully saturated rings. The summed E-state index contributed by atoms with van der Waals surface area (Å²) in [5.74, 6) is 0.654. The lowest BCUT2D eigenvalue weighted by molar-refractivity contribution is -0.123. The van der Waals surface area contributed by atoms with E-state index < -0.39 is 0 Å². The lowest BCUT2D eigenvalue weighted by atomic mass is 10.1. The smallest absolute Gasteiger partial charge is 0.258 e. The lowest BCUT2D eigenvalue weighted by Crippen LogP contribution is -2.35. The van der Waals surface area contributed by atoms with Gasteiger partial charge in [0.05, 0.1) is 0 Å². The average molecular weight is 271 g/mol. The average Bonchev–Trinajstić information content (AvgIpc) is 2.45. The Kier molecular flexibility index (Phi) is 4.99. The Bertz CT molecular complexity index is 580. The fourth-order valence-electron chi connectivity index (χ4n) is 2.23. The number of nitrogens with one attached hydrogen (secondary N) is 1. The maximum absolute atomic E-state index is 11.7. The number of fused-ring (bicyclic) bond motifs is 1. The van der Waals surface area contributed by atoms with Gasteiger partial charge in [-0.2, -0.15) is 0 Å². The van der Waals surface area contributed by atoms with Crippen LogP contribution in [0.2, 0.25) is 0 Å². The lowest BCUT2D eigenvalue weighted by Gasteiger charge is -2.13. The van der Waals surface area contributed by atoms with Crippen LogP contribution in [0.3, 0.4) is 0 Å². The van der Waals surface area contributed by atoms with Gasteiger partial charge in [-0.1, -0.05) is 43.7 Å². The Morgan fingerprint density at radius 1 is 1.20 bits per heavy atom. The van der Waals surface area contributed by atoms with Crippen LogP contribution in [-0.2, 0) is 4.79 Å². The van der Waals surface area contributed by atoms with Crippen molar-refractivity contribution < 1.29 is 9.53 Å². The topological polar surface area (TPSA) is 38.3 Å². The summed E-state index contributed by atoms with van der Waals surface area (Å²) >= 11 is 0. The Morgan fingerprint density at radius 3 is 2.70 bits per heavy atom. The highest BCUT2D eigenvalue weighted by Crippen LogP contribution is 2.20. The highest BCUT2D eigenvalue weighted by molar-refractivity contribution is 5.84. The number of rotatable bonds is 6. The van der Waals surface area contributed by atoms with Crippen LogP contribution in [0.25, 0.3) is 10.8 Å². The van der Waals surface area contributed by atoms with Crippen molar-refractivity contribution >= 4 is 16.7 Å². The van der Waals surface area contributed by atoms with Gasteiger partial charge in [-0.15, -0.1) is 0 Å². The van der Waals surface area contributed by atoms with Crippen LogP contribution in [0.1, 0.15) is 26.7 Å². The summed E-state index contributed by atoms with van der Waals surface area (Å²) in [6.07, 6.45) is 2.05. The third-order valence-electron chi connectivity index (χ3n) is 3.22. The Morgan fingerprint density at radius 2 is 1.95 bits per heavy atom. The molecule has 1 atom stereocenters. The first kappa shape index (κ1) is 14.4. The summed E-state index contributed by atoms with van der Waals surface area (Å²) in [5, 5.41) is 5.21. The fourth-order valence-corrected chi connectivity index (χ4v) is 2.23. The predicted molar refractivity (Wildman–Crippen MR) is 82.0 cm³/mol.